The first kappa shape index (κ1) is 17.4. The predicted molar refractivity (Wildman–Crippen MR) is 99.7 cm³/mol. The maximum Gasteiger partial charge on any atom is 0.330 e. The van der Waals surface area contributed by atoms with E-state index in [2.05, 4.69) is 5.32 Å². The van der Waals surface area contributed by atoms with Gasteiger partial charge in [0.15, 0.2) is 6.04 Å². The minimum Gasteiger partial charge on any atom is -0.479 e. The van der Waals surface area contributed by atoms with Crippen molar-refractivity contribution in [3.8, 4) is 0 Å². The lowest BCUT2D eigenvalue weighted by Gasteiger charge is -2.21. The van der Waals surface area contributed by atoms with Crippen LogP contribution in [0.15, 0.2) is 91.0 Å². The summed E-state index contributed by atoms with van der Waals surface area (Å²) >= 11 is 0. The molecule has 130 valence electrons. The summed E-state index contributed by atoms with van der Waals surface area (Å²) in [7, 11) is 0. The van der Waals surface area contributed by atoms with Gasteiger partial charge in [0, 0.05) is 0 Å². The minimum atomic E-state index is -1.10. The Morgan fingerprint density at radius 3 is 1.42 bits per heavy atom. The molecule has 0 fully saturated rings. The second-order valence-corrected chi connectivity index (χ2v) is 5.94. The molecule has 0 unspecified atom stereocenters. The quantitative estimate of drug-likeness (QED) is 0.715. The Hall–Kier alpha value is -3.40. The number of aliphatic carboxylic acids is 1. The van der Waals surface area contributed by atoms with E-state index in [0.717, 1.165) is 11.1 Å². The van der Waals surface area contributed by atoms with Crippen LogP contribution in [0, 0.1) is 0 Å². The molecule has 3 aromatic rings. The summed E-state index contributed by atoms with van der Waals surface area (Å²) in [4.78, 5) is 24.8. The first-order valence-corrected chi connectivity index (χ1v) is 8.35. The molecule has 0 aliphatic rings. The Labute approximate surface area is 152 Å². The second kappa shape index (κ2) is 8.12. The number of benzene rings is 3. The number of carbonyl (C=O) groups excluding carboxylic acids is 1. The highest BCUT2D eigenvalue weighted by atomic mass is 16.4. The smallest absolute Gasteiger partial charge is 0.330 e. The topological polar surface area (TPSA) is 66.4 Å². The Kier molecular flexibility index (Phi) is 5.44. The maximum atomic E-state index is 13.1. The highest BCUT2D eigenvalue weighted by Crippen LogP contribution is 2.26. The largest absolute Gasteiger partial charge is 0.479 e. The van der Waals surface area contributed by atoms with Crippen LogP contribution in [-0.2, 0) is 9.59 Å². The van der Waals surface area contributed by atoms with E-state index in [9.17, 15) is 14.7 Å². The van der Waals surface area contributed by atoms with Gasteiger partial charge in [0.1, 0.15) is 0 Å². The van der Waals surface area contributed by atoms with Crippen LogP contribution < -0.4 is 5.32 Å². The van der Waals surface area contributed by atoms with E-state index in [0.29, 0.717) is 5.56 Å². The van der Waals surface area contributed by atoms with Crippen LogP contribution in [0.2, 0.25) is 0 Å². The molecule has 0 saturated heterocycles. The van der Waals surface area contributed by atoms with Gasteiger partial charge in [-0.3, -0.25) is 4.79 Å². The van der Waals surface area contributed by atoms with E-state index in [1.807, 2.05) is 60.7 Å². The third-order valence-corrected chi connectivity index (χ3v) is 4.19. The standard InChI is InChI=1S/C22H19NO3/c24-21(23-20(22(25)26)18-14-8-3-9-15-18)19(16-10-4-1-5-11-16)17-12-6-2-7-13-17/h1-15,19-20H,(H,23,24)(H,25,26)/t20-/m1/s1. The van der Waals surface area contributed by atoms with Gasteiger partial charge >= 0.3 is 5.97 Å². The SMILES string of the molecule is O=C(N[C@@H](C(=O)O)c1ccccc1)C(c1ccccc1)c1ccccc1. The number of rotatable bonds is 6. The number of amides is 1. The third-order valence-electron chi connectivity index (χ3n) is 4.19. The number of carboxylic acids is 1. The van der Waals surface area contributed by atoms with Gasteiger partial charge in [-0.2, -0.15) is 0 Å². The van der Waals surface area contributed by atoms with Crippen molar-refractivity contribution in [1.29, 1.82) is 0 Å². The fourth-order valence-corrected chi connectivity index (χ4v) is 2.94. The van der Waals surface area contributed by atoms with Gasteiger partial charge in [-0.25, -0.2) is 4.79 Å². The summed E-state index contributed by atoms with van der Waals surface area (Å²) in [5.41, 5.74) is 2.16. The molecule has 0 aliphatic carbocycles. The molecule has 26 heavy (non-hydrogen) atoms. The van der Waals surface area contributed by atoms with Crippen LogP contribution in [0.4, 0.5) is 0 Å². The van der Waals surface area contributed by atoms with Crippen molar-refractivity contribution >= 4 is 11.9 Å². The van der Waals surface area contributed by atoms with Gasteiger partial charge in [-0.05, 0) is 16.7 Å². The molecule has 3 rings (SSSR count). The minimum absolute atomic E-state index is 0.348. The van der Waals surface area contributed by atoms with E-state index < -0.39 is 17.9 Å². The van der Waals surface area contributed by atoms with E-state index in [-0.39, 0.29) is 5.91 Å². The van der Waals surface area contributed by atoms with Crippen molar-refractivity contribution in [3.05, 3.63) is 108 Å². The molecule has 4 heteroatoms. The molecule has 0 aliphatic heterocycles. The fraction of sp³-hybridized carbons (Fsp3) is 0.0909. The van der Waals surface area contributed by atoms with E-state index >= 15 is 0 Å². The number of nitrogens with one attached hydrogen (secondary N) is 1. The number of carboxylic acid groups (broad SMARTS) is 1. The first-order valence-electron chi connectivity index (χ1n) is 8.35. The highest BCUT2D eigenvalue weighted by Gasteiger charge is 2.28. The Bertz CT molecular complexity index is 824. The molecule has 2 N–H and O–H groups in total. The maximum absolute atomic E-state index is 13.1. The normalized spacial score (nSPS) is 11.7. The number of carbonyl (C=O) groups is 2. The molecule has 4 nitrogen and oxygen atoms in total. The average molecular weight is 345 g/mol. The van der Waals surface area contributed by atoms with Gasteiger partial charge in [0.2, 0.25) is 5.91 Å². The van der Waals surface area contributed by atoms with Crippen LogP contribution in [0.25, 0.3) is 0 Å². The van der Waals surface area contributed by atoms with Crippen molar-refractivity contribution in [2.24, 2.45) is 0 Å². The van der Waals surface area contributed by atoms with Crippen molar-refractivity contribution in [2.75, 3.05) is 0 Å². The predicted octanol–water partition coefficient (Wildman–Crippen LogP) is 3.76. The summed E-state index contributed by atoms with van der Waals surface area (Å²) in [6.45, 7) is 0. The lowest BCUT2D eigenvalue weighted by molar-refractivity contribution is -0.142. The van der Waals surface area contributed by atoms with E-state index in [4.69, 9.17) is 0 Å². The summed E-state index contributed by atoms with van der Waals surface area (Å²) in [6, 6.07) is 26.3. The van der Waals surface area contributed by atoms with Crippen LogP contribution in [0.1, 0.15) is 28.7 Å². The van der Waals surface area contributed by atoms with Crippen LogP contribution in [0.5, 0.6) is 0 Å². The van der Waals surface area contributed by atoms with Gasteiger partial charge in [0.25, 0.3) is 0 Å². The number of hydrogen-bond acceptors (Lipinski definition) is 2. The highest BCUT2D eigenvalue weighted by molar-refractivity contribution is 5.91. The molecule has 0 saturated carbocycles. The van der Waals surface area contributed by atoms with Crippen molar-refractivity contribution in [3.63, 3.8) is 0 Å². The molecule has 1 amide bonds. The average Bonchev–Trinajstić information content (AvgIpc) is 2.68. The van der Waals surface area contributed by atoms with Gasteiger partial charge in [0.05, 0.1) is 5.92 Å². The molecule has 0 spiro atoms. The summed E-state index contributed by atoms with van der Waals surface area (Å²) in [5.74, 6) is -2.02. The lowest BCUT2D eigenvalue weighted by atomic mass is 9.90. The lowest BCUT2D eigenvalue weighted by Crippen LogP contribution is -2.37. The summed E-state index contributed by atoms with van der Waals surface area (Å²) in [6.07, 6.45) is 0. The number of hydrogen-bond donors (Lipinski definition) is 2. The Morgan fingerprint density at radius 2 is 1.04 bits per heavy atom. The molecule has 3 aromatic carbocycles. The Morgan fingerprint density at radius 1 is 0.654 bits per heavy atom. The molecule has 0 heterocycles. The first-order chi connectivity index (χ1) is 12.7. The van der Waals surface area contributed by atoms with Crippen molar-refractivity contribution < 1.29 is 14.7 Å². The monoisotopic (exact) mass is 345 g/mol. The van der Waals surface area contributed by atoms with E-state index in [1.54, 1.807) is 30.3 Å². The molecule has 0 aromatic heterocycles. The third kappa shape index (κ3) is 3.98. The van der Waals surface area contributed by atoms with Gasteiger partial charge in [-0.1, -0.05) is 91.0 Å². The van der Waals surface area contributed by atoms with Crippen LogP contribution in [0.3, 0.4) is 0 Å². The Balaban J connectivity index is 1.94. The van der Waals surface area contributed by atoms with Crippen LogP contribution in [-0.4, -0.2) is 17.0 Å². The van der Waals surface area contributed by atoms with Crippen LogP contribution >= 0.6 is 0 Å². The fourth-order valence-electron chi connectivity index (χ4n) is 2.94. The molecule has 1 atom stereocenters. The molecule has 0 bridgehead atoms. The van der Waals surface area contributed by atoms with Crippen molar-refractivity contribution in [1.82, 2.24) is 5.32 Å². The van der Waals surface area contributed by atoms with E-state index in [1.165, 1.54) is 0 Å². The molecular formula is C22H19NO3. The second-order valence-electron chi connectivity index (χ2n) is 5.94. The zero-order valence-electron chi connectivity index (χ0n) is 14.1. The summed E-state index contributed by atoms with van der Waals surface area (Å²) in [5, 5.41) is 12.3. The zero-order valence-corrected chi connectivity index (χ0v) is 14.1. The molecular weight excluding hydrogens is 326 g/mol. The van der Waals surface area contributed by atoms with Gasteiger partial charge in [-0.15, -0.1) is 0 Å². The molecule has 0 radical (unpaired) electrons. The van der Waals surface area contributed by atoms with Crippen molar-refractivity contribution in [2.45, 2.75) is 12.0 Å². The van der Waals surface area contributed by atoms with Gasteiger partial charge < -0.3 is 10.4 Å². The zero-order chi connectivity index (χ0) is 18.4. The summed E-state index contributed by atoms with van der Waals surface area (Å²) < 4.78 is 0.